The van der Waals surface area contributed by atoms with Gasteiger partial charge < -0.3 is 30.0 Å². The van der Waals surface area contributed by atoms with Gasteiger partial charge in [-0.1, -0.05) is 26.3 Å². The summed E-state index contributed by atoms with van der Waals surface area (Å²) in [6.45, 7) is 5.15. The van der Waals surface area contributed by atoms with Crippen LogP contribution in [0.2, 0.25) is 0 Å². The number of anilines is 1. The number of fused-ring (bicyclic) bond motifs is 3. The maximum Gasteiger partial charge on any atom is 0.326 e. The van der Waals surface area contributed by atoms with Gasteiger partial charge in [-0.05, 0) is 53.6 Å². The molecule has 3 atom stereocenters. The molecule has 2 aromatic carbocycles. The van der Waals surface area contributed by atoms with Crippen LogP contribution in [0, 0.1) is 5.92 Å². The topological polar surface area (TPSA) is 123 Å². The first-order chi connectivity index (χ1) is 17.2. The number of ether oxygens (including phenoxy) is 3. The van der Waals surface area contributed by atoms with Gasteiger partial charge in [0, 0.05) is 12.5 Å². The molecule has 0 spiro atoms. The maximum atomic E-state index is 13.3. The van der Waals surface area contributed by atoms with Crippen molar-refractivity contribution in [2.45, 2.75) is 52.1 Å². The first-order valence-electron chi connectivity index (χ1n) is 11.9. The number of aliphatic carboxylic acids is 1. The first kappa shape index (κ1) is 26.8. The highest BCUT2D eigenvalue weighted by Crippen LogP contribution is 2.50. The summed E-state index contributed by atoms with van der Waals surface area (Å²) in [7, 11) is 4.60. The average Bonchev–Trinajstić information content (AvgIpc) is 3.09. The number of carboxylic acids is 1. The van der Waals surface area contributed by atoms with Gasteiger partial charge in [-0.2, -0.15) is 0 Å². The second-order valence-corrected chi connectivity index (χ2v) is 8.94. The fraction of sp³-hybridized carbons (Fsp3) is 0.444. The van der Waals surface area contributed by atoms with Crippen molar-refractivity contribution in [2.24, 2.45) is 5.92 Å². The molecule has 1 aliphatic carbocycles. The third-order valence-corrected chi connectivity index (χ3v) is 6.71. The Morgan fingerprint density at radius 3 is 2.36 bits per heavy atom. The number of benzene rings is 1. The van der Waals surface area contributed by atoms with Crippen LogP contribution < -0.4 is 30.3 Å². The van der Waals surface area contributed by atoms with Gasteiger partial charge in [0.15, 0.2) is 11.5 Å². The summed E-state index contributed by atoms with van der Waals surface area (Å²) in [4.78, 5) is 37.3. The summed E-state index contributed by atoms with van der Waals surface area (Å²) in [6.07, 6.45) is 1.75. The normalized spacial score (nSPS) is 15.9. The molecule has 0 fully saturated rings. The summed E-state index contributed by atoms with van der Waals surface area (Å²) in [6, 6.07) is 5.34. The Morgan fingerprint density at radius 1 is 1.11 bits per heavy atom. The number of carboxylic acid groups (broad SMARTS) is 1. The molecule has 0 aromatic heterocycles. The van der Waals surface area contributed by atoms with E-state index in [0.717, 1.165) is 11.1 Å². The van der Waals surface area contributed by atoms with Crippen molar-refractivity contribution in [3.05, 3.63) is 45.6 Å². The van der Waals surface area contributed by atoms with Gasteiger partial charge in [0.05, 0.1) is 33.1 Å². The number of methoxy groups -OCH3 is 3. The molecule has 0 heterocycles. The highest BCUT2D eigenvalue weighted by Gasteiger charge is 2.30. The zero-order chi connectivity index (χ0) is 26.6. The molecule has 36 heavy (non-hydrogen) atoms. The van der Waals surface area contributed by atoms with E-state index < -0.39 is 18.1 Å². The molecule has 0 bridgehead atoms. The van der Waals surface area contributed by atoms with Crippen molar-refractivity contribution in [3.8, 4) is 28.4 Å². The molecule has 9 nitrogen and oxygen atoms in total. The number of rotatable bonds is 9. The van der Waals surface area contributed by atoms with Crippen LogP contribution in [0.1, 0.15) is 50.8 Å². The minimum absolute atomic E-state index is 0.165. The van der Waals surface area contributed by atoms with E-state index in [-0.39, 0.29) is 22.9 Å². The lowest BCUT2D eigenvalue weighted by molar-refractivity contribution is -0.139. The lowest BCUT2D eigenvalue weighted by Crippen LogP contribution is -2.36. The van der Waals surface area contributed by atoms with Crippen LogP contribution in [0.5, 0.6) is 17.2 Å². The molecule has 194 valence electrons. The monoisotopic (exact) mass is 498 g/mol. The molecular weight excluding hydrogens is 464 g/mol. The van der Waals surface area contributed by atoms with Crippen molar-refractivity contribution in [2.75, 3.05) is 26.6 Å². The van der Waals surface area contributed by atoms with E-state index in [1.807, 2.05) is 19.9 Å². The molecule has 1 aliphatic rings. The van der Waals surface area contributed by atoms with Gasteiger partial charge in [0.25, 0.3) is 0 Å². The molecule has 0 unspecified atom stereocenters. The summed E-state index contributed by atoms with van der Waals surface area (Å²) in [5.41, 5.74) is 2.73. The highest BCUT2D eigenvalue weighted by molar-refractivity contribution is 5.84. The third-order valence-electron chi connectivity index (χ3n) is 6.71. The van der Waals surface area contributed by atoms with Crippen LogP contribution in [0.25, 0.3) is 11.1 Å². The van der Waals surface area contributed by atoms with E-state index in [1.54, 1.807) is 19.2 Å². The second kappa shape index (κ2) is 11.3. The van der Waals surface area contributed by atoms with Crippen LogP contribution in [0.4, 0.5) is 5.69 Å². The average molecular weight is 499 g/mol. The fourth-order valence-electron chi connectivity index (χ4n) is 4.68. The minimum Gasteiger partial charge on any atom is -0.493 e. The molecule has 1 amide bonds. The molecule has 3 rings (SSSR count). The van der Waals surface area contributed by atoms with Gasteiger partial charge in [-0.25, -0.2) is 4.79 Å². The summed E-state index contributed by atoms with van der Waals surface area (Å²) >= 11 is 0. The number of carbonyl (C=O) groups excluding carboxylic acids is 1. The number of hydrogen-bond acceptors (Lipinski definition) is 7. The summed E-state index contributed by atoms with van der Waals surface area (Å²) in [5, 5.41) is 15.6. The first-order valence-corrected chi connectivity index (χ1v) is 11.9. The Labute approximate surface area is 210 Å². The van der Waals surface area contributed by atoms with E-state index in [2.05, 4.69) is 10.6 Å². The standard InChI is InChI=1S/C27H34N2O7/c1-7-14(2)24(27(32)33)29-20-11-9-17-18(13-21(20)31)19(28-15(3)30)10-8-16-12-22(34-4)25(35-5)26(36-6)23(16)17/h9,11-14,19,24H,7-8,10H2,1-6H3,(H,28,30)(H,29,31)(H,32,33)/t14-,19-,24+/m0/s1. The van der Waals surface area contributed by atoms with Crippen LogP contribution in [-0.4, -0.2) is 44.4 Å². The van der Waals surface area contributed by atoms with Crippen LogP contribution in [-0.2, 0) is 16.0 Å². The Hall–Kier alpha value is -3.75. The molecule has 0 saturated carbocycles. The van der Waals surface area contributed by atoms with Crippen molar-refractivity contribution in [1.29, 1.82) is 0 Å². The Kier molecular flexibility index (Phi) is 8.45. The van der Waals surface area contributed by atoms with Crippen LogP contribution >= 0.6 is 0 Å². The fourth-order valence-corrected chi connectivity index (χ4v) is 4.68. The molecule has 0 radical (unpaired) electrons. The van der Waals surface area contributed by atoms with Gasteiger partial charge in [-0.3, -0.25) is 9.59 Å². The predicted octanol–water partition coefficient (Wildman–Crippen LogP) is 3.77. The predicted molar refractivity (Wildman–Crippen MR) is 137 cm³/mol. The number of aryl methyl sites for hydroxylation is 1. The van der Waals surface area contributed by atoms with E-state index >= 15 is 0 Å². The van der Waals surface area contributed by atoms with E-state index in [9.17, 15) is 19.5 Å². The number of hydrogen-bond donors (Lipinski definition) is 3. The third kappa shape index (κ3) is 5.24. The minimum atomic E-state index is -1.03. The Bertz CT molecular complexity index is 1210. The quantitative estimate of drug-likeness (QED) is 0.477. The molecule has 0 aliphatic heterocycles. The lowest BCUT2D eigenvalue weighted by atomic mass is 9.95. The van der Waals surface area contributed by atoms with Crippen molar-refractivity contribution in [3.63, 3.8) is 0 Å². The molecule has 0 saturated heterocycles. The number of nitrogens with one attached hydrogen (secondary N) is 2. The molecule has 9 heteroatoms. The largest absolute Gasteiger partial charge is 0.493 e. The van der Waals surface area contributed by atoms with Crippen molar-refractivity contribution in [1.82, 2.24) is 5.32 Å². The van der Waals surface area contributed by atoms with Crippen LogP contribution in [0.3, 0.4) is 0 Å². The highest BCUT2D eigenvalue weighted by atomic mass is 16.5. The smallest absolute Gasteiger partial charge is 0.326 e. The van der Waals surface area contributed by atoms with Crippen molar-refractivity contribution < 1.29 is 28.9 Å². The molecule has 2 aromatic rings. The Morgan fingerprint density at radius 2 is 1.81 bits per heavy atom. The lowest BCUT2D eigenvalue weighted by Gasteiger charge is -2.20. The zero-order valence-electron chi connectivity index (χ0n) is 21.6. The SMILES string of the molecule is CC[C@H](C)[C@@H](Nc1ccc2c(cc1=O)[C@@H](NC(C)=O)CCc1cc(OC)c(OC)c(OC)c1-2)C(=O)O. The Balaban J connectivity index is 2.32. The second-order valence-electron chi connectivity index (χ2n) is 8.94. The maximum absolute atomic E-state index is 13.3. The number of carbonyl (C=O) groups is 2. The zero-order valence-corrected chi connectivity index (χ0v) is 21.6. The van der Waals surface area contributed by atoms with Gasteiger partial charge in [-0.15, -0.1) is 0 Å². The van der Waals surface area contributed by atoms with Gasteiger partial charge in [0.1, 0.15) is 6.04 Å². The van der Waals surface area contributed by atoms with Crippen molar-refractivity contribution >= 4 is 17.6 Å². The molecule has 3 N–H and O–H groups in total. The van der Waals surface area contributed by atoms with E-state index in [0.29, 0.717) is 47.6 Å². The van der Waals surface area contributed by atoms with Gasteiger partial charge in [0.2, 0.25) is 17.1 Å². The molecular formula is C27H34N2O7. The summed E-state index contributed by atoms with van der Waals surface area (Å²) < 4.78 is 16.9. The summed E-state index contributed by atoms with van der Waals surface area (Å²) in [5.74, 6) is -0.0752. The van der Waals surface area contributed by atoms with E-state index in [4.69, 9.17) is 14.2 Å². The van der Waals surface area contributed by atoms with Gasteiger partial charge >= 0.3 is 5.97 Å². The van der Waals surface area contributed by atoms with E-state index in [1.165, 1.54) is 27.2 Å². The van der Waals surface area contributed by atoms with Crippen LogP contribution in [0.15, 0.2) is 29.1 Å². The number of amides is 1.